The fourth-order valence-corrected chi connectivity index (χ4v) is 4.05. The van der Waals surface area contributed by atoms with Crippen LogP contribution in [-0.4, -0.2) is 65.6 Å². The van der Waals surface area contributed by atoms with Crippen molar-refractivity contribution in [1.29, 1.82) is 0 Å². The maximum Gasteiger partial charge on any atom is 0.253 e. The number of aromatic nitrogens is 1. The Morgan fingerprint density at radius 3 is 2.65 bits per heavy atom. The van der Waals surface area contributed by atoms with Crippen molar-refractivity contribution in [2.75, 3.05) is 33.4 Å². The molecule has 0 bridgehead atoms. The Balaban J connectivity index is 1.59. The summed E-state index contributed by atoms with van der Waals surface area (Å²) in [6.45, 7) is 5.34. The van der Waals surface area contributed by atoms with E-state index in [1.807, 2.05) is 11.8 Å². The van der Waals surface area contributed by atoms with Crippen LogP contribution in [0.1, 0.15) is 43.0 Å². The van der Waals surface area contributed by atoms with Crippen LogP contribution in [0, 0.1) is 0 Å². The normalized spacial score (nSPS) is 24.3. The van der Waals surface area contributed by atoms with Crippen molar-refractivity contribution in [3.8, 4) is 0 Å². The number of likely N-dealkylation sites (N-methyl/N-ethyl adjacent to an activating group) is 1. The van der Waals surface area contributed by atoms with Crippen LogP contribution in [0.4, 0.5) is 0 Å². The van der Waals surface area contributed by atoms with Gasteiger partial charge in [-0.15, -0.1) is 0 Å². The molecule has 3 rings (SSSR count). The lowest BCUT2D eigenvalue weighted by Gasteiger charge is -2.45. The Morgan fingerprint density at radius 2 is 2.00 bits per heavy atom. The summed E-state index contributed by atoms with van der Waals surface area (Å²) in [6.07, 6.45) is 7.91. The number of hydrogen-bond acceptors (Lipinski definition) is 4. The van der Waals surface area contributed by atoms with Crippen LogP contribution in [0.3, 0.4) is 0 Å². The zero-order valence-corrected chi connectivity index (χ0v) is 14.2. The molecule has 2 fully saturated rings. The number of carbonyl (C=O) groups excluding carboxylic acids is 1. The highest BCUT2D eigenvalue weighted by Gasteiger charge is 2.46. The maximum absolute atomic E-state index is 12.6. The second-order valence-corrected chi connectivity index (χ2v) is 6.72. The van der Waals surface area contributed by atoms with E-state index in [1.165, 1.54) is 12.8 Å². The van der Waals surface area contributed by atoms with E-state index in [4.69, 9.17) is 4.74 Å². The van der Waals surface area contributed by atoms with Crippen LogP contribution in [0.25, 0.3) is 0 Å². The molecule has 23 heavy (non-hydrogen) atoms. The van der Waals surface area contributed by atoms with E-state index in [-0.39, 0.29) is 11.4 Å². The molecule has 0 unspecified atom stereocenters. The quantitative estimate of drug-likeness (QED) is 0.854. The Hall–Kier alpha value is -1.46. The Labute approximate surface area is 138 Å². The van der Waals surface area contributed by atoms with Gasteiger partial charge in [0.05, 0.1) is 6.61 Å². The van der Waals surface area contributed by atoms with Gasteiger partial charge in [-0.25, -0.2) is 0 Å². The van der Waals surface area contributed by atoms with Crippen molar-refractivity contribution < 1.29 is 9.53 Å². The highest BCUT2D eigenvalue weighted by atomic mass is 16.5. The molecule has 0 aliphatic carbocycles. The number of rotatable bonds is 4. The smallest absolute Gasteiger partial charge is 0.253 e. The summed E-state index contributed by atoms with van der Waals surface area (Å²) < 4.78 is 5.63. The molecular weight excluding hydrogens is 290 g/mol. The summed E-state index contributed by atoms with van der Waals surface area (Å²) in [6, 6.07) is 4.12. The summed E-state index contributed by atoms with van der Waals surface area (Å²) in [7, 11) is 2.23. The molecule has 3 heterocycles. The van der Waals surface area contributed by atoms with Crippen molar-refractivity contribution in [3.63, 3.8) is 0 Å². The average Bonchev–Trinajstić information content (AvgIpc) is 2.90. The van der Waals surface area contributed by atoms with Crippen molar-refractivity contribution in [2.24, 2.45) is 0 Å². The third kappa shape index (κ3) is 3.26. The second kappa shape index (κ2) is 6.97. The molecule has 126 valence electrons. The van der Waals surface area contributed by atoms with Gasteiger partial charge in [-0.1, -0.05) is 0 Å². The number of pyridine rings is 1. The number of piperidine rings is 1. The molecule has 2 aliphatic rings. The molecule has 5 nitrogen and oxygen atoms in total. The molecule has 0 saturated carbocycles. The molecule has 1 amide bonds. The van der Waals surface area contributed by atoms with Crippen molar-refractivity contribution >= 4 is 5.91 Å². The lowest BCUT2D eigenvalue weighted by Crippen LogP contribution is -2.54. The number of ether oxygens (including phenoxy) is 1. The summed E-state index contributed by atoms with van der Waals surface area (Å²) in [5.41, 5.74) is 1.00. The van der Waals surface area contributed by atoms with Crippen molar-refractivity contribution in [2.45, 2.75) is 44.2 Å². The van der Waals surface area contributed by atoms with Gasteiger partial charge in [0.2, 0.25) is 0 Å². The van der Waals surface area contributed by atoms with Crippen LogP contribution >= 0.6 is 0 Å². The standard InChI is InChI=1S/C18H27N3O2/c1-3-23-14-16-4-7-18(20(16)2)8-12-21(13-9-18)17(22)15-5-10-19-11-6-15/h5-6,10-11,16H,3-4,7-9,12-14H2,1-2H3/t16-/m0/s1. The fraction of sp³-hybridized carbons (Fsp3) is 0.667. The molecule has 0 radical (unpaired) electrons. The Kier molecular flexibility index (Phi) is 4.97. The van der Waals surface area contributed by atoms with E-state index < -0.39 is 0 Å². The predicted octanol–water partition coefficient (Wildman–Crippen LogP) is 2.19. The van der Waals surface area contributed by atoms with Crippen LogP contribution in [-0.2, 0) is 4.74 Å². The van der Waals surface area contributed by atoms with E-state index in [0.717, 1.165) is 44.7 Å². The minimum Gasteiger partial charge on any atom is -0.380 e. The molecule has 5 heteroatoms. The average molecular weight is 317 g/mol. The Bertz CT molecular complexity index is 526. The van der Waals surface area contributed by atoms with Gasteiger partial charge in [-0.3, -0.25) is 14.7 Å². The third-order valence-corrected chi connectivity index (χ3v) is 5.66. The second-order valence-electron chi connectivity index (χ2n) is 6.72. The third-order valence-electron chi connectivity index (χ3n) is 5.66. The van der Waals surface area contributed by atoms with Crippen LogP contribution in [0.15, 0.2) is 24.5 Å². The first-order valence-electron chi connectivity index (χ1n) is 8.66. The molecule has 1 aromatic heterocycles. The van der Waals surface area contributed by atoms with E-state index >= 15 is 0 Å². The number of nitrogens with zero attached hydrogens (tertiary/aromatic N) is 3. The number of amides is 1. The molecule has 2 saturated heterocycles. The predicted molar refractivity (Wildman–Crippen MR) is 89.4 cm³/mol. The number of hydrogen-bond donors (Lipinski definition) is 0. The first-order valence-corrected chi connectivity index (χ1v) is 8.66. The van der Waals surface area contributed by atoms with E-state index in [0.29, 0.717) is 6.04 Å². The molecule has 0 aromatic carbocycles. The van der Waals surface area contributed by atoms with Crippen LogP contribution in [0.2, 0.25) is 0 Å². The zero-order valence-electron chi connectivity index (χ0n) is 14.2. The van der Waals surface area contributed by atoms with Crippen molar-refractivity contribution in [1.82, 2.24) is 14.8 Å². The SMILES string of the molecule is CCOC[C@@H]1CCC2(CCN(C(=O)c3ccncc3)CC2)N1C. The fourth-order valence-electron chi connectivity index (χ4n) is 4.05. The summed E-state index contributed by atoms with van der Waals surface area (Å²) in [5.74, 6) is 0.133. The first-order chi connectivity index (χ1) is 11.2. The van der Waals surface area contributed by atoms with Gasteiger partial charge in [0.1, 0.15) is 0 Å². The van der Waals surface area contributed by atoms with Gasteiger partial charge >= 0.3 is 0 Å². The minimum absolute atomic E-state index is 0.133. The zero-order chi connectivity index (χ0) is 16.3. The van der Waals surface area contributed by atoms with Gasteiger partial charge in [0.25, 0.3) is 5.91 Å². The van der Waals surface area contributed by atoms with Gasteiger partial charge in [0, 0.05) is 49.2 Å². The molecule has 1 atom stereocenters. The maximum atomic E-state index is 12.6. The van der Waals surface area contributed by atoms with Gasteiger partial charge in [-0.05, 0) is 51.8 Å². The summed E-state index contributed by atoms with van der Waals surface area (Å²) in [4.78, 5) is 21.1. The van der Waals surface area contributed by atoms with Crippen LogP contribution in [0.5, 0.6) is 0 Å². The van der Waals surface area contributed by atoms with E-state index in [9.17, 15) is 4.79 Å². The van der Waals surface area contributed by atoms with Gasteiger partial charge in [0.15, 0.2) is 0 Å². The highest BCUT2D eigenvalue weighted by Crippen LogP contribution is 2.40. The highest BCUT2D eigenvalue weighted by molar-refractivity contribution is 5.94. The molecular formula is C18H27N3O2. The van der Waals surface area contributed by atoms with E-state index in [2.05, 4.69) is 16.9 Å². The molecule has 2 aliphatic heterocycles. The topological polar surface area (TPSA) is 45.7 Å². The molecule has 1 aromatic rings. The Morgan fingerprint density at radius 1 is 1.30 bits per heavy atom. The van der Waals surface area contributed by atoms with Gasteiger partial charge in [-0.2, -0.15) is 0 Å². The largest absolute Gasteiger partial charge is 0.380 e. The minimum atomic E-state index is 0.133. The van der Waals surface area contributed by atoms with Crippen molar-refractivity contribution in [3.05, 3.63) is 30.1 Å². The van der Waals surface area contributed by atoms with Crippen LogP contribution < -0.4 is 0 Å². The van der Waals surface area contributed by atoms with E-state index in [1.54, 1.807) is 24.5 Å². The monoisotopic (exact) mass is 317 g/mol. The number of likely N-dealkylation sites (tertiary alicyclic amines) is 2. The van der Waals surface area contributed by atoms with Gasteiger partial charge < -0.3 is 9.64 Å². The first kappa shape index (κ1) is 16.4. The molecule has 0 N–H and O–H groups in total. The summed E-state index contributed by atoms with van der Waals surface area (Å²) in [5, 5.41) is 0. The summed E-state index contributed by atoms with van der Waals surface area (Å²) >= 11 is 0. The lowest BCUT2D eigenvalue weighted by atomic mass is 9.85. The molecule has 1 spiro atoms. The number of carbonyl (C=O) groups is 1. The lowest BCUT2D eigenvalue weighted by molar-refractivity contribution is 0.0211.